The number of morpholine rings is 1. The molecule has 8 rings (SSSR count). The Hall–Kier alpha value is -5.75. The summed E-state index contributed by atoms with van der Waals surface area (Å²) in [5.41, 5.74) is -2.32. The number of hydrogen-bond acceptors (Lipinski definition) is 9. The number of para-hydroxylation sites is 1. The summed E-state index contributed by atoms with van der Waals surface area (Å²) in [4.78, 5) is 25.2. The molecule has 2 aliphatic carbocycles. The zero-order valence-corrected chi connectivity index (χ0v) is 30.7. The normalized spacial score (nSPS) is 19.0. The van der Waals surface area contributed by atoms with Gasteiger partial charge >= 0.3 is 12.1 Å². The van der Waals surface area contributed by atoms with Crippen LogP contribution < -0.4 is 14.9 Å². The smallest absolute Gasteiger partial charge is 0.378 e. The van der Waals surface area contributed by atoms with E-state index in [1.54, 1.807) is 30.1 Å². The van der Waals surface area contributed by atoms with Crippen LogP contribution in [0.3, 0.4) is 0 Å². The summed E-state index contributed by atoms with van der Waals surface area (Å²) in [6.45, 7) is 0.303. The largest absolute Gasteiger partial charge is 0.435 e. The molecular formula is C36H30F7N9O4S. The lowest BCUT2D eigenvalue weighted by Crippen LogP contribution is -2.38. The molecule has 1 fully saturated rings. The summed E-state index contributed by atoms with van der Waals surface area (Å²) in [6.07, 6.45) is -3.09. The molecule has 3 atom stereocenters. The van der Waals surface area contributed by atoms with E-state index in [1.807, 2.05) is 0 Å². The highest BCUT2D eigenvalue weighted by atomic mass is 32.2. The van der Waals surface area contributed by atoms with Gasteiger partial charge in [-0.25, -0.2) is 27.2 Å². The first-order chi connectivity index (χ1) is 26.9. The van der Waals surface area contributed by atoms with Crippen LogP contribution in [-0.2, 0) is 51.7 Å². The highest BCUT2D eigenvalue weighted by Gasteiger charge is 2.62. The van der Waals surface area contributed by atoms with E-state index in [2.05, 4.69) is 37.1 Å². The molecule has 0 bridgehead atoms. The quantitative estimate of drug-likeness (QED) is 0.152. The monoisotopic (exact) mass is 817 g/mol. The van der Waals surface area contributed by atoms with Crippen molar-refractivity contribution in [3.05, 3.63) is 82.4 Å². The number of halogens is 7. The van der Waals surface area contributed by atoms with E-state index >= 15 is 8.78 Å². The molecule has 2 aromatic carbocycles. The van der Waals surface area contributed by atoms with Crippen LogP contribution in [0.25, 0.3) is 22.0 Å². The molecule has 0 saturated carbocycles. The molecule has 13 nitrogen and oxygen atoms in total. The number of aryl methyl sites for hydroxylation is 1. The Labute approximate surface area is 319 Å². The molecule has 1 saturated heterocycles. The van der Waals surface area contributed by atoms with E-state index in [-0.39, 0.29) is 35.0 Å². The number of anilines is 2. The SMILES string of the molecule is Cn1nc(NS(C)(=O)=O)c2cccc(-c3cnc(N4CCOCC4)nc3C(Cc3cc(F)cc(F)c3)NC(=O)Cn3nc(C(F)(F)F)c4c3C(F)(F)C3C#CC43)c21. The number of carbonyl (C=O) groups excluding carboxylic acids is 1. The van der Waals surface area contributed by atoms with Crippen molar-refractivity contribution in [1.29, 1.82) is 0 Å². The topological polar surface area (TPSA) is 149 Å². The predicted molar refractivity (Wildman–Crippen MR) is 189 cm³/mol. The van der Waals surface area contributed by atoms with Gasteiger partial charge in [0.05, 0.1) is 42.6 Å². The van der Waals surface area contributed by atoms with Crippen molar-refractivity contribution in [2.45, 2.75) is 37.0 Å². The Morgan fingerprint density at radius 3 is 2.44 bits per heavy atom. The highest BCUT2D eigenvalue weighted by Crippen LogP contribution is 2.58. The molecule has 298 valence electrons. The number of amides is 1. The summed E-state index contributed by atoms with van der Waals surface area (Å²) >= 11 is 0. The number of carbonyl (C=O) groups is 1. The predicted octanol–water partition coefficient (Wildman–Crippen LogP) is 4.65. The van der Waals surface area contributed by atoms with Gasteiger partial charge in [0.2, 0.25) is 21.9 Å². The number of nitrogens with zero attached hydrogens (tertiary/aromatic N) is 7. The molecule has 5 aromatic rings. The number of aromatic nitrogens is 6. The fraction of sp³-hybridized carbons (Fsp3) is 0.361. The van der Waals surface area contributed by atoms with E-state index in [0.717, 1.165) is 18.4 Å². The lowest BCUT2D eigenvalue weighted by Gasteiger charge is -2.29. The van der Waals surface area contributed by atoms with Crippen LogP contribution in [-0.4, -0.2) is 76.4 Å². The average Bonchev–Trinajstić information content (AvgIpc) is 3.68. The Morgan fingerprint density at radius 2 is 1.79 bits per heavy atom. The van der Waals surface area contributed by atoms with Gasteiger partial charge in [-0.3, -0.25) is 18.9 Å². The van der Waals surface area contributed by atoms with Crippen molar-refractivity contribution in [2.75, 3.05) is 42.2 Å². The van der Waals surface area contributed by atoms with Crippen LogP contribution in [0.15, 0.2) is 42.6 Å². The molecule has 1 aliphatic heterocycles. The van der Waals surface area contributed by atoms with Crippen LogP contribution in [0, 0.1) is 29.4 Å². The molecule has 3 aromatic heterocycles. The second-order valence-corrected chi connectivity index (χ2v) is 15.6. The van der Waals surface area contributed by atoms with Gasteiger partial charge in [0.25, 0.3) is 0 Å². The maximum Gasteiger partial charge on any atom is 0.435 e. The minimum atomic E-state index is -5.13. The van der Waals surface area contributed by atoms with Crippen molar-refractivity contribution in [2.24, 2.45) is 13.0 Å². The maximum atomic E-state index is 15.5. The summed E-state index contributed by atoms with van der Waals surface area (Å²) in [7, 11) is -2.22. The van der Waals surface area contributed by atoms with Crippen LogP contribution in [0.5, 0.6) is 0 Å². The van der Waals surface area contributed by atoms with Crippen LogP contribution in [0.4, 0.5) is 42.5 Å². The Morgan fingerprint density at radius 1 is 1.07 bits per heavy atom. The summed E-state index contributed by atoms with van der Waals surface area (Å²) in [6, 6.07) is 6.21. The molecule has 3 aliphatic rings. The zero-order valence-electron chi connectivity index (χ0n) is 29.8. The van der Waals surface area contributed by atoms with Crippen LogP contribution >= 0.6 is 0 Å². The highest BCUT2D eigenvalue weighted by molar-refractivity contribution is 7.92. The summed E-state index contributed by atoms with van der Waals surface area (Å²) in [5.74, 6) is -5.16. The molecule has 1 amide bonds. The Kier molecular flexibility index (Phi) is 9.18. The van der Waals surface area contributed by atoms with Gasteiger partial charge in [0.15, 0.2) is 11.5 Å². The maximum absolute atomic E-state index is 15.5. The first-order valence-electron chi connectivity index (χ1n) is 17.3. The number of rotatable bonds is 10. The van der Waals surface area contributed by atoms with Gasteiger partial charge in [-0.1, -0.05) is 24.0 Å². The number of ether oxygens (including phenoxy) is 1. The fourth-order valence-corrected chi connectivity index (χ4v) is 8.02. The third-order valence-electron chi connectivity index (χ3n) is 9.86. The number of hydrogen-bond donors (Lipinski definition) is 2. The minimum Gasteiger partial charge on any atom is -0.378 e. The number of alkyl halides is 5. The van der Waals surface area contributed by atoms with Gasteiger partial charge in [-0.2, -0.15) is 32.1 Å². The zero-order chi connectivity index (χ0) is 40.6. The summed E-state index contributed by atoms with van der Waals surface area (Å²) in [5, 5.41) is 10.8. The van der Waals surface area contributed by atoms with E-state index in [9.17, 15) is 35.2 Å². The van der Waals surface area contributed by atoms with Crippen molar-refractivity contribution in [3.8, 4) is 23.0 Å². The van der Waals surface area contributed by atoms with Crippen molar-refractivity contribution in [1.82, 2.24) is 34.8 Å². The van der Waals surface area contributed by atoms with E-state index in [0.29, 0.717) is 53.5 Å². The Balaban J connectivity index is 1.26. The van der Waals surface area contributed by atoms with Crippen molar-refractivity contribution < 1.29 is 48.7 Å². The van der Waals surface area contributed by atoms with Crippen molar-refractivity contribution >= 4 is 38.6 Å². The lowest BCUT2D eigenvalue weighted by atomic mass is 9.84. The minimum absolute atomic E-state index is 0.00460. The second-order valence-electron chi connectivity index (χ2n) is 13.9. The fourth-order valence-electron chi connectivity index (χ4n) is 7.52. The molecule has 0 spiro atoms. The number of benzene rings is 2. The number of fused-ring (bicyclic) bond motifs is 4. The third-order valence-corrected chi connectivity index (χ3v) is 10.4. The average molecular weight is 818 g/mol. The first kappa shape index (κ1) is 38.1. The molecule has 57 heavy (non-hydrogen) atoms. The third kappa shape index (κ3) is 7.00. The van der Waals surface area contributed by atoms with E-state index in [4.69, 9.17) is 9.72 Å². The van der Waals surface area contributed by atoms with E-state index < -0.39 is 81.0 Å². The number of sulfonamides is 1. The molecule has 21 heteroatoms. The van der Waals surface area contributed by atoms with Gasteiger partial charge in [0, 0.05) is 54.5 Å². The van der Waals surface area contributed by atoms with Gasteiger partial charge in [0.1, 0.15) is 29.8 Å². The molecule has 2 N–H and O–H groups in total. The van der Waals surface area contributed by atoms with Gasteiger partial charge < -0.3 is 15.0 Å². The van der Waals surface area contributed by atoms with Crippen molar-refractivity contribution in [3.63, 3.8) is 0 Å². The standard InChI is InChI=1S/C36H30F7N9O4S/c1-50-30-21(4-3-5-23(30)33(48-50)49-57(2,54)55)24-16-44-34(51-8-10-56-11-9-51)46-29(24)26(14-18-12-19(37)15-20(38)13-18)45-27(53)17-52-32-28(31(47-52)36(41,42)43)22-6-7-25(22)35(32,39)40/h3-5,12-13,15-16,22,25-26H,8-11,14,17H2,1-2H3,(H,45,53)(H,48,49). The molecule has 3 unspecified atom stereocenters. The van der Waals surface area contributed by atoms with Gasteiger partial charge in [-0.15, -0.1) is 0 Å². The molecule has 0 radical (unpaired) electrons. The van der Waals surface area contributed by atoms with Crippen LogP contribution in [0.2, 0.25) is 0 Å². The molecule has 4 heterocycles. The lowest BCUT2D eigenvalue weighted by molar-refractivity contribution is -0.142. The van der Waals surface area contributed by atoms with Crippen LogP contribution in [0.1, 0.15) is 40.2 Å². The first-order valence-corrected chi connectivity index (χ1v) is 19.2. The Bertz CT molecular complexity index is 2610. The second kappa shape index (κ2) is 13.7. The summed E-state index contributed by atoms with van der Waals surface area (Å²) < 4.78 is 137. The molecular weight excluding hydrogens is 788 g/mol. The van der Waals surface area contributed by atoms with E-state index in [1.165, 1.54) is 10.9 Å². The number of nitrogens with one attached hydrogen (secondary N) is 2. The van der Waals surface area contributed by atoms with Gasteiger partial charge in [-0.05, 0) is 30.2 Å².